The Morgan fingerprint density at radius 1 is 1.17 bits per heavy atom. The Morgan fingerprint density at radius 2 is 1.75 bits per heavy atom. The molecule has 0 aromatic carbocycles. The Kier molecular flexibility index (Phi) is 2.80. The molecule has 0 saturated carbocycles. The third-order valence-corrected chi connectivity index (χ3v) is 1.87. The maximum atomic E-state index is 8.97. The molecule has 0 aliphatic rings. The minimum Gasteiger partial charge on any atom is -0.394 e. The summed E-state index contributed by atoms with van der Waals surface area (Å²) in [7, 11) is 0. The molecule has 1 aromatic rings. The smallest absolute Gasteiger partial charge is 0.131 e. The first-order valence-electron chi connectivity index (χ1n) is 3.62. The minimum absolute atomic E-state index is 0.346. The zero-order valence-corrected chi connectivity index (χ0v) is 6.59. The van der Waals surface area contributed by atoms with Crippen LogP contribution < -0.4 is 0 Å². The highest BCUT2D eigenvalue weighted by Gasteiger charge is 2.30. The molecule has 5 heteroatoms. The molecule has 0 amide bonds. The zero-order valence-electron chi connectivity index (χ0n) is 6.59. The summed E-state index contributed by atoms with van der Waals surface area (Å²) < 4.78 is 1.35. The largest absolute Gasteiger partial charge is 0.394 e. The Hall–Kier alpha value is -0.910. The third kappa shape index (κ3) is 1.34. The van der Waals surface area contributed by atoms with E-state index in [0.29, 0.717) is 0 Å². The van der Waals surface area contributed by atoms with Crippen molar-refractivity contribution in [3.8, 4) is 0 Å². The third-order valence-electron chi connectivity index (χ3n) is 1.87. The predicted molar refractivity (Wildman–Crippen MR) is 41.5 cm³/mol. The van der Waals surface area contributed by atoms with Gasteiger partial charge >= 0.3 is 0 Å². The van der Waals surface area contributed by atoms with Gasteiger partial charge in [0.1, 0.15) is 5.54 Å². The van der Waals surface area contributed by atoms with Gasteiger partial charge in [-0.15, -0.1) is 0 Å². The molecule has 0 aliphatic carbocycles. The van der Waals surface area contributed by atoms with Crippen molar-refractivity contribution in [1.82, 2.24) is 9.78 Å². The lowest BCUT2D eigenvalue weighted by molar-refractivity contribution is 0.00688. The Morgan fingerprint density at radius 3 is 2.08 bits per heavy atom. The molecule has 1 heterocycles. The number of hydrogen-bond donors (Lipinski definition) is 3. The van der Waals surface area contributed by atoms with E-state index in [9.17, 15) is 0 Å². The number of aliphatic hydroxyl groups excluding tert-OH is 3. The molecule has 0 bridgehead atoms. The summed E-state index contributed by atoms with van der Waals surface area (Å²) in [6, 6.07) is 1.66. The van der Waals surface area contributed by atoms with Gasteiger partial charge in [-0.2, -0.15) is 5.10 Å². The number of nitrogens with zero attached hydrogens (tertiary/aromatic N) is 2. The highest BCUT2D eigenvalue weighted by Crippen LogP contribution is 2.12. The fraction of sp³-hybridized carbons (Fsp3) is 0.571. The lowest BCUT2D eigenvalue weighted by atomic mass is 10.0. The summed E-state index contributed by atoms with van der Waals surface area (Å²) in [5.74, 6) is 0. The fourth-order valence-electron chi connectivity index (χ4n) is 0.917. The maximum Gasteiger partial charge on any atom is 0.131 e. The Bertz CT molecular complexity index is 210. The summed E-state index contributed by atoms with van der Waals surface area (Å²) in [4.78, 5) is 0. The quantitative estimate of drug-likeness (QED) is 0.519. The van der Waals surface area contributed by atoms with Gasteiger partial charge in [-0.3, -0.25) is 4.68 Å². The molecule has 0 spiro atoms. The summed E-state index contributed by atoms with van der Waals surface area (Å²) >= 11 is 0. The van der Waals surface area contributed by atoms with Crippen LogP contribution in [0.5, 0.6) is 0 Å². The van der Waals surface area contributed by atoms with Crippen LogP contribution in [0.3, 0.4) is 0 Å². The van der Waals surface area contributed by atoms with Crippen LogP contribution in [0.1, 0.15) is 0 Å². The van der Waals surface area contributed by atoms with Crippen LogP contribution >= 0.6 is 0 Å². The van der Waals surface area contributed by atoms with Gasteiger partial charge in [0.05, 0.1) is 19.8 Å². The van der Waals surface area contributed by atoms with Gasteiger partial charge < -0.3 is 15.3 Å². The van der Waals surface area contributed by atoms with Crippen molar-refractivity contribution in [2.75, 3.05) is 19.8 Å². The minimum atomic E-state index is -1.08. The van der Waals surface area contributed by atoms with Crippen LogP contribution in [0, 0.1) is 0 Å². The van der Waals surface area contributed by atoms with Crippen LogP contribution in [0.25, 0.3) is 0 Å². The van der Waals surface area contributed by atoms with Gasteiger partial charge in [0.15, 0.2) is 0 Å². The number of rotatable bonds is 4. The Labute approximate surface area is 69.9 Å². The van der Waals surface area contributed by atoms with Crippen LogP contribution in [-0.4, -0.2) is 44.9 Å². The summed E-state index contributed by atoms with van der Waals surface area (Å²) in [5.41, 5.74) is -1.08. The summed E-state index contributed by atoms with van der Waals surface area (Å²) in [5, 5.41) is 30.7. The average Bonchev–Trinajstić information content (AvgIpc) is 2.62. The number of aliphatic hydroxyl groups is 3. The van der Waals surface area contributed by atoms with E-state index in [4.69, 9.17) is 15.3 Å². The van der Waals surface area contributed by atoms with E-state index in [0.717, 1.165) is 0 Å². The average molecular weight is 172 g/mol. The molecule has 5 nitrogen and oxygen atoms in total. The van der Waals surface area contributed by atoms with E-state index in [2.05, 4.69) is 5.10 Å². The molecule has 0 unspecified atom stereocenters. The molecule has 12 heavy (non-hydrogen) atoms. The van der Waals surface area contributed by atoms with Crippen LogP contribution in [-0.2, 0) is 5.54 Å². The van der Waals surface area contributed by atoms with Crippen LogP contribution in [0.15, 0.2) is 18.5 Å². The molecular weight excluding hydrogens is 160 g/mol. The van der Waals surface area contributed by atoms with Gasteiger partial charge in [-0.25, -0.2) is 0 Å². The van der Waals surface area contributed by atoms with Crippen molar-refractivity contribution in [1.29, 1.82) is 0 Å². The SMILES string of the molecule is OCC(CO)(CO)n1cccn1. The van der Waals surface area contributed by atoms with E-state index < -0.39 is 5.54 Å². The van der Waals surface area contributed by atoms with Gasteiger partial charge in [0.25, 0.3) is 0 Å². The number of aromatic nitrogens is 2. The van der Waals surface area contributed by atoms with Crippen molar-refractivity contribution >= 4 is 0 Å². The first-order chi connectivity index (χ1) is 5.79. The first kappa shape index (κ1) is 9.18. The molecule has 0 fully saturated rings. The molecule has 0 aliphatic heterocycles. The van der Waals surface area contributed by atoms with Crippen LogP contribution in [0.2, 0.25) is 0 Å². The van der Waals surface area contributed by atoms with Crippen molar-refractivity contribution in [3.63, 3.8) is 0 Å². The van der Waals surface area contributed by atoms with Gasteiger partial charge in [-0.1, -0.05) is 0 Å². The summed E-state index contributed by atoms with van der Waals surface area (Å²) in [6.45, 7) is -1.04. The van der Waals surface area contributed by atoms with Gasteiger partial charge in [-0.05, 0) is 6.07 Å². The second kappa shape index (κ2) is 3.66. The van der Waals surface area contributed by atoms with Crippen molar-refractivity contribution in [2.24, 2.45) is 0 Å². The molecule has 0 radical (unpaired) electrons. The summed E-state index contributed by atoms with van der Waals surface area (Å²) in [6.07, 6.45) is 3.11. The second-order valence-electron chi connectivity index (χ2n) is 2.65. The van der Waals surface area contributed by atoms with Crippen molar-refractivity contribution in [2.45, 2.75) is 5.54 Å². The number of hydrogen-bond acceptors (Lipinski definition) is 4. The van der Waals surface area contributed by atoms with Crippen molar-refractivity contribution < 1.29 is 15.3 Å². The van der Waals surface area contributed by atoms with E-state index >= 15 is 0 Å². The molecular formula is C7H12N2O3. The van der Waals surface area contributed by atoms with Crippen LogP contribution in [0.4, 0.5) is 0 Å². The predicted octanol–water partition coefficient (Wildman–Crippen LogP) is -1.44. The topological polar surface area (TPSA) is 78.5 Å². The fourth-order valence-corrected chi connectivity index (χ4v) is 0.917. The van der Waals surface area contributed by atoms with Gasteiger partial charge in [0, 0.05) is 12.4 Å². The van der Waals surface area contributed by atoms with E-state index in [1.807, 2.05) is 0 Å². The van der Waals surface area contributed by atoms with Crippen molar-refractivity contribution in [3.05, 3.63) is 18.5 Å². The van der Waals surface area contributed by atoms with E-state index in [-0.39, 0.29) is 19.8 Å². The lowest BCUT2D eigenvalue weighted by Gasteiger charge is -2.27. The maximum absolute atomic E-state index is 8.97. The lowest BCUT2D eigenvalue weighted by Crippen LogP contribution is -2.45. The van der Waals surface area contributed by atoms with E-state index in [1.165, 1.54) is 10.9 Å². The monoisotopic (exact) mass is 172 g/mol. The molecule has 1 rings (SSSR count). The molecule has 0 atom stereocenters. The standard InChI is InChI=1S/C7H12N2O3/c10-4-7(5-11,6-12)9-3-1-2-8-9/h1-3,10-12H,4-6H2. The molecule has 68 valence electrons. The Balaban J connectivity index is 2.93. The highest BCUT2D eigenvalue weighted by atomic mass is 16.3. The molecule has 3 N–H and O–H groups in total. The normalized spacial score (nSPS) is 11.9. The van der Waals surface area contributed by atoms with Gasteiger partial charge in [0.2, 0.25) is 0 Å². The highest BCUT2D eigenvalue weighted by molar-refractivity contribution is 4.90. The first-order valence-corrected chi connectivity index (χ1v) is 3.62. The molecule has 1 aromatic heterocycles. The van der Waals surface area contributed by atoms with E-state index in [1.54, 1.807) is 12.3 Å². The zero-order chi connectivity index (χ0) is 9.03. The second-order valence-corrected chi connectivity index (χ2v) is 2.65. The molecule has 0 saturated heterocycles.